The zero-order valence-corrected chi connectivity index (χ0v) is 15.7. The summed E-state index contributed by atoms with van der Waals surface area (Å²) in [6, 6.07) is 12.2. The van der Waals surface area contributed by atoms with Gasteiger partial charge in [-0.05, 0) is 64.0 Å². The molecule has 1 aliphatic rings. The van der Waals surface area contributed by atoms with Crippen LogP contribution in [0.25, 0.3) is 0 Å². The van der Waals surface area contributed by atoms with Crippen LogP contribution in [0.2, 0.25) is 0 Å². The molecule has 0 aliphatic carbocycles. The lowest BCUT2D eigenvalue weighted by Crippen LogP contribution is -2.39. The fraction of sp³-hybridized carbons (Fsp3) is 0.476. The summed E-state index contributed by atoms with van der Waals surface area (Å²) in [6.07, 6.45) is 4.66. The second-order valence-electron chi connectivity index (χ2n) is 7.20. The Morgan fingerprint density at radius 2 is 1.92 bits per heavy atom. The van der Waals surface area contributed by atoms with Crippen molar-refractivity contribution in [2.75, 3.05) is 25.0 Å². The summed E-state index contributed by atoms with van der Waals surface area (Å²) < 4.78 is 5.65. The molecule has 26 heavy (non-hydrogen) atoms. The molecule has 3 rings (SSSR count). The van der Waals surface area contributed by atoms with Gasteiger partial charge in [0.1, 0.15) is 5.76 Å². The molecule has 1 fully saturated rings. The Morgan fingerprint density at radius 3 is 2.58 bits per heavy atom. The minimum Gasteiger partial charge on any atom is -0.468 e. The standard InChI is InChI=1S/C21H29N3O2/c1-16-7-9-18(10-8-16)23-21(25)14-17(2)22-15-19(20-6-5-13-26-20)24-11-3-4-12-24/h5-10,13,17,19,22H,3-4,11-12,14-15H2,1-2H3,(H,23,25). The Morgan fingerprint density at radius 1 is 1.19 bits per heavy atom. The molecule has 2 atom stereocenters. The largest absolute Gasteiger partial charge is 0.468 e. The first-order valence-corrected chi connectivity index (χ1v) is 9.49. The highest BCUT2D eigenvalue weighted by Crippen LogP contribution is 2.25. The van der Waals surface area contributed by atoms with Gasteiger partial charge in [0.15, 0.2) is 0 Å². The lowest BCUT2D eigenvalue weighted by Gasteiger charge is -2.27. The molecule has 5 heteroatoms. The number of rotatable bonds is 8. The molecule has 1 saturated heterocycles. The van der Waals surface area contributed by atoms with E-state index in [4.69, 9.17) is 4.42 Å². The molecule has 2 heterocycles. The highest BCUT2D eigenvalue weighted by molar-refractivity contribution is 5.91. The average molecular weight is 355 g/mol. The smallest absolute Gasteiger partial charge is 0.225 e. The van der Waals surface area contributed by atoms with E-state index in [1.165, 1.54) is 18.4 Å². The first kappa shape index (κ1) is 18.7. The highest BCUT2D eigenvalue weighted by atomic mass is 16.3. The number of amides is 1. The maximum Gasteiger partial charge on any atom is 0.225 e. The fourth-order valence-corrected chi connectivity index (χ4v) is 3.46. The summed E-state index contributed by atoms with van der Waals surface area (Å²) >= 11 is 0. The fourth-order valence-electron chi connectivity index (χ4n) is 3.46. The van der Waals surface area contributed by atoms with Gasteiger partial charge in [-0.15, -0.1) is 0 Å². The molecule has 2 N–H and O–H groups in total. The quantitative estimate of drug-likeness (QED) is 0.757. The van der Waals surface area contributed by atoms with Gasteiger partial charge in [0, 0.05) is 24.7 Å². The van der Waals surface area contributed by atoms with Gasteiger partial charge in [0.05, 0.1) is 12.3 Å². The summed E-state index contributed by atoms with van der Waals surface area (Å²) in [6.45, 7) is 7.09. The van der Waals surface area contributed by atoms with Crippen LogP contribution in [0.3, 0.4) is 0 Å². The third kappa shape index (κ3) is 5.19. The Balaban J connectivity index is 1.49. The molecular formula is C21H29N3O2. The van der Waals surface area contributed by atoms with Crippen LogP contribution < -0.4 is 10.6 Å². The van der Waals surface area contributed by atoms with Crippen LogP contribution in [0.1, 0.15) is 43.6 Å². The van der Waals surface area contributed by atoms with Gasteiger partial charge < -0.3 is 15.1 Å². The van der Waals surface area contributed by atoms with Crippen LogP contribution in [0, 0.1) is 6.92 Å². The van der Waals surface area contributed by atoms with E-state index in [0.717, 1.165) is 31.1 Å². The van der Waals surface area contributed by atoms with E-state index in [0.29, 0.717) is 6.42 Å². The van der Waals surface area contributed by atoms with E-state index in [1.54, 1.807) is 6.26 Å². The van der Waals surface area contributed by atoms with Crippen molar-refractivity contribution in [3.05, 3.63) is 54.0 Å². The SMILES string of the molecule is Cc1ccc(NC(=O)CC(C)NCC(c2ccco2)N2CCCC2)cc1. The molecule has 5 nitrogen and oxygen atoms in total. The van der Waals surface area contributed by atoms with Crippen molar-refractivity contribution in [3.8, 4) is 0 Å². The number of hydrogen-bond donors (Lipinski definition) is 2. The van der Waals surface area contributed by atoms with Gasteiger partial charge in [-0.3, -0.25) is 9.69 Å². The van der Waals surface area contributed by atoms with Crippen molar-refractivity contribution >= 4 is 11.6 Å². The monoisotopic (exact) mass is 355 g/mol. The molecule has 1 aliphatic heterocycles. The van der Waals surface area contributed by atoms with Crippen molar-refractivity contribution < 1.29 is 9.21 Å². The average Bonchev–Trinajstić information content (AvgIpc) is 3.31. The van der Waals surface area contributed by atoms with Gasteiger partial charge in [0.25, 0.3) is 0 Å². The second kappa shape index (κ2) is 9.01. The lowest BCUT2D eigenvalue weighted by atomic mass is 10.1. The molecule has 140 valence electrons. The minimum absolute atomic E-state index is 0.0320. The Kier molecular flexibility index (Phi) is 6.47. The maximum atomic E-state index is 12.3. The summed E-state index contributed by atoms with van der Waals surface area (Å²) in [4.78, 5) is 14.7. The predicted molar refractivity (Wildman–Crippen MR) is 104 cm³/mol. The Hall–Kier alpha value is -2.11. The minimum atomic E-state index is 0.0320. The third-order valence-electron chi connectivity index (χ3n) is 4.94. The van der Waals surface area contributed by atoms with Crippen LogP contribution in [-0.4, -0.2) is 36.5 Å². The van der Waals surface area contributed by atoms with E-state index < -0.39 is 0 Å². The van der Waals surface area contributed by atoms with Crippen molar-refractivity contribution in [2.45, 2.75) is 45.2 Å². The molecule has 1 aromatic carbocycles. The van der Waals surface area contributed by atoms with Crippen molar-refractivity contribution in [1.82, 2.24) is 10.2 Å². The predicted octanol–water partition coefficient (Wildman–Crippen LogP) is 3.73. The van der Waals surface area contributed by atoms with E-state index in [-0.39, 0.29) is 18.0 Å². The second-order valence-corrected chi connectivity index (χ2v) is 7.20. The van der Waals surface area contributed by atoms with Gasteiger partial charge in [-0.1, -0.05) is 17.7 Å². The zero-order valence-electron chi connectivity index (χ0n) is 15.7. The van der Waals surface area contributed by atoms with E-state index in [2.05, 4.69) is 22.5 Å². The Labute approximate surface area is 155 Å². The zero-order chi connectivity index (χ0) is 18.4. The molecular weight excluding hydrogens is 326 g/mol. The molecule has 0 radical (unpaired) electrons. The van der Waals surface area contributed by atoms with E-state index in [1.807, 2.05) is 43.3 Å². The first-order chi connectivity index (χ1) is 12.6. The lowest BCUT2D eigenvalue weighted by molar-refractivity contribution is -0.116. The number of benzene rings is 1. The van der Waals surface area contributed by atoms with Crippen LogP contribution in [0.5, 0.6) is 0 Å². The van der Waals surface area contributed by atoms with E-state index >= 15 is 0 Å². The number of hydrogen-bond acceptors (Lipinski definition) is 4. The topological polar surface area (TPSA) is 57.5 Å². The molecule has 2 aromatic rings. The number of carbonyl (C=O) groups excluding carboxylic acids is 1. The normalized spacial score (nSPS) is 17.2. The number of nitrogens with one attached hydrogen (secondary N) is 2. The highest BCUT2D eigenvalue weighted by Gasteiger charge is 2.25. The van der Waals surface area contributed by atoms with Gasteiger partial charge in [-0.25, -0.2) is 0 Å². The number of furan rings is 1. The van der Waals surface area contributed by atoms with Crippen molar-refractivity contribution in [1.29, 1.82) is 0 Å². The molecule has 1 aromatic heterocycles. The molecule has 0 saturated carbocycles. The van der Waals surface area contributed by atoms with Gasteiger partial charge in [-0.2, -0.15) is 0 Å². The van der Waals surface area contributed by atoms with E-state index in [9.17, 15) is 4.79 Å². The van der Waals surface area contributed by atoms with Gasteiger partial charge in [0.2, 0.25) is 5.91 Å². The molecule has 1 amide bonds. The van der Waals surface area contributed by atoms with Crippen LogP contribution >= 0.6 is 0 Å². The number of anilines is 1. The van der Waals surface area contributed by atoms with Crippen molar-refractivity contribution in [2.24, 2.45) is 0 Å². The number of nitrogens with zero attached hydrogens (tertiary/aromatic N) is 1. The summed E-state index contributed by atoms with van der Waals surface area (Å²) in [7, 11) is 0. The number of aryl methyl sites for hydroxylation is 1. The third-order valence-corrected chi connectivity index (χ3v) is 4.94. The summed E-state index contributed by atoms with van der Waals surface area (Å²) in [5.74, 6) is 1.03. The molecule has 0 bridgehead atoms. The summed E-state index contributed by atoms with van der Waals surface area (Å²) in [5, 5.41) is 6.47. The summed E-state index contributed by atoms with van der Waals surface area (Å²) in [5.41, 5.74) is 2.03. The first-order valence-electron chi connectivity index (χ1n) is 9.49. The number of likely N-dealkylation sites (tertiary alicyclic amines) is 1. The Bertz CT molecular complexity index is 676. The van der Waals surface area contributed by atoms with Crippen LogP contribution in [0.4, 0.5) is 5.69 Å². The number of carbonyl (C=O) groups is 1. The van der Waals surface area contributed by atoms with Crippen LogP contribution in [0.15, 0.2) is 47.1 Å². The molecule has 0 spiro atoms. The molecule has 2 unspecified atom stereocenters. The van der Waals surface area contributed by atoms with Gasteiger partial charge >= 0.3 is 0 Å². The van der Waals surface area contributed by atoms with Crippen LogP contribution in [-0.2, 0) is 4.79 Å². The van der Waals surface area contributed by atoms with Crippen molar-refractivity contribution in [3.63, 3.8) is 0 Å². The maximum absolute atomic E-state index is 12.3.